The Morgan fingerprint density at radius 3 is 2.53 bits per heavy atom. The standard InChI is InChI=1S/C11H24N2OS/c1-4-13(5-2)9-8-12-11(14)7-6-10-15-3/h4-10H2,1-3H3,(H,12,14). The van der Waals surface area contributed by atoms with Gasteiger partial charge in [0.25, 0.3) is 0 Å². The zero-order chi connectivity index (χ0) is 11.5. The second-order valence-corrected chi connectivity index (χ2v) is 4.46. The van der Waals surface area contributed by atoms with Gasteiger partial charge in [0.1, 0.15) is 0 Å². The minimum Gasteiger partial charge on any atom is -0.355 e. The van der Waals surface area contributed by atoms with Crippen LogP contribution in [-0.2, 0) is 4.79 Å². The van der Waals surface area contributed by atoms with Crippen LogP contribution < -0.4 is 5.32 Å². The lowest BCUT2D eigenvalue weighted by atomic mass is 10.3. The molecule has 0 bridgehead atoms. The number of nitrogens with one attached hydrogen (secondary N) is 1. The summed E-state index contributed by atoms with van der Waals surface area (Å²) in [5.41, 5.74) is 0. The summed E-state index contributed by atoms with van der Waals surface area (Å²) < 4.78 is 0. The number of thioether (sulfide) groups is 1. The van der Waals surface area contributed by atoms with Crippen molar-refractivity contribution in [3.05, 3.63) is 0 Å². The van der Waals surface area contributed by atoms with E-state index >= 15 is 0 Å². The van der Waals surface area contributed by atoms with Crippen molar-refractivity contribution >= 4 is 17.7 Å². The Hall–Kier alpha value is -0.220. The number of hydrogen-bond acceptors (Lipinski definition) is 3. The van der Waals surface area contributed by atoms with Crippen molar-refractivity contribution in [2.45, 2.75) is 26.7 Å². The molecule has 3 nitrogen and oxygen atoms in total. The molecule has 0 aliphatic heterocycles. The van der Waals surface area contributed by atoms with Gasteiger partial charge in [0.15, 0.2) is 0 Å². The first-order valence-electron chi connectivity index (χ1n) is 5.72. The van der Waals surface area contributed by atoms with Gasteiger partial charge in [0.05, 0.1) is 0 Å². The molecule has 0 radical (unpaired) electrons. The molecule has 1 amide bonds. The molecule has 0 aliphatic rings. The van der Waals surface area contributed by atoms with E-state index in [4.69, 9.17) is 0 Å². The Morgan fingerprint density at radius 2 is 2.00 bits per heavy atom. The molecule has 0 fully saturated rings. The van der Waals surface area contributed by atoms with E-state index in [9.17, 15) is 4.79 Å². The molecule has 0 aliphatic carbocycles. The van der Waals surface area contributed by atoms with Crippen molar-refractivity contribution in [1.82, 2.24) is 10.2 Å². The highest BCUT2D eigenvalue weighted by atomic mass is 32.2. The molecule has 0 rings (SSSR count). The molecule has 90 valence electrons. The first-order chi connectivity index (χ1) is 7.24. The van der Waals surface area contributed by atoms with Crippen LogP contribution in [0.4, 0.5) is 0 Å². The first kappa shape index (κ1) is 14.8. The minimum atomic E-state index is 0.191. The molecule has 4 heteroatoms. The molecule has 0 saturated heterocycles. The summed E-state index contributed by atoms with van der Waals surface area (Å²) in [7, 11) is 0. The number of hydrogen-bond donors (Lipinski definition) is 1. The van der Waals surface area contributed by atoms with Crippen LogP contribution in [0.5, 0.6) is 0 Å². The molecule has 0 aromatic carbocycles. The van der Waals surface area contributed by atoms with E-state index in [-0.39, 0.29) is 5.91 Å². The molecule has 0 unspecified atom stereocenters. The highest BCUT2D eigenvalue weighted by Crippen LogP contribution is 1.98. The van der Waals surface area contributed by atoms with Crippen LogP contribution in [0, 0.1) is 0 Å². The van der Waals surface area contributed by atoms with Crippen LogP contribution in [0.25, 0.3) is 0 Å². The van der Waals surface area contributed by atoms with E-state index < -0.39 is 0 Å². The maximum atomic E-state index is 11.3. The van der Waals surface area contributed by atoms with Gasteiger partial charge in [-0.1, -0.05) is 13.8 Å². The maximum absolute atomic E-state index is 11.3. The fourth-order valence-electron chi connectivity index (χ4n) is 1.36. The van der Waals surface area contributed by atoms with Crippen LogP contribution in [-0.4, -0.2) is 49.0 Å². The molecule has 1 N–H and O–H groups in total. The SMILES string of the molecule is CCN(CC)CCNC(=O)CCCSC. The molecule has 0 atom stereocenters. The lowest BCUT2D eigenvalue weighted by Gasteiger charge is -2.17. The van der Waals surface area contributed by atoms with Crippen LogP contribution in [0.1, 0.15) is 26.7 Å². The third-order valence-corrected chi connectivity index (χ3v) is 3.09. The largest absolute Gasteiger partial charge is 0.355 e. The molecule has 15 heavy (non-hydrogen) atoms. The van der Waals surface area contributed by atoms with Gasteiger partial charge in [0.2, 0.25) is 5.91 Å². The molecular formula is C11H24N2OS. The third-order valence-electron chi connectivity index (χ3n) is 2.40. The normalized spacial score (nSPS) is 10.7. The van der Waals surface area contributed by atoms with Crippen molar-refractivity contribution in [3.63, 3.8) is 0 Å². The lowest BCUT2D eigenvalue weighted by Crippen LogP contribution is -2.34. The second-order valence-electron chi connectivity index (χ2n) is 3.47. The summed E-state index contributed by atoms with van der Waals surface area (Å²) in [6, 6.07) is 0. The van der Waals surface area contributed by atoms with Gasteiger partial charge in [-0.05, 0) is 31.5 Å². The Kier molecular flexibility index (Phi) is 10.2. The van der Waals surface area contributed by atoms with E-state index in [0.717, 1.165) is 38.4 Å². The fourth-order valence-corrected chi connectivity index (χ4v) is 1.79. The second kappa shape index (κ2) is 10.3. The van der Waals surface area contributed by atoms with Crippen LogP contribution in [0.3, 0.4) is 0 Å². The van der Waals surface area contributed by atoms with E-state index in [1.54, 1.807) is 11.8 Å². The molecular weight excluding hydrogens is 208 g/mol. The topological polar surface area (TPSA) is 32.3 Å². The van der Waals surface area contributed by atoms with Crippen molar-refractivity contribution in [3.8, 4) is 0 Å². The zero-order valence-electron chi connectivity index (χ0n) is 10.2. The summed E-state index contributed by atoms with van der Waals surface area (Å²) in [6.45, 7) is 8.13. The highest BCUT2D eigenvalue weighted by molar-refractivity contribution is 7.98. The summed E-state index contributed by atoms with van der Waals surface area (Å²) in [6.07, 6.45) is 3.72. The van der Waals surface area contributed by atoms with Gasteiger partial charge in [-0.25, -0.2) is 0 Å². The van der Waals surface area contributed by atoms with Crippen molar-refractivity contribution in [1.29, 1.82) is 0 Å². The van der Waals surface area contributed by atoms with Crippen molar-refractivity contribution < 1.29 is 4.79 Å². The Balaban J connectivity index is 3.37. The van der Waals surface area contributed by atoms with E-state index in [2.05, 4.69) is 30.3 Å². The van der Waals surface area contributed by atoms with Crippen molar-refractivity contribution in [2.75, 3.05) is 38.2 Å². The Labute approximate surface area is 98.0 Å². The van der Waals surface area contributed by atoms with Crippen LogP contribution in [0.2, 0.25) is 0 Å². The molecule has 0 aromatic rings. The number of likely N-dealkylation sites (N-methyl/N-ethyl adjacent to an activating group) is 1. The average Bonchev–Trinajstić information content (AvgIpc) is 2.25. The van der Waals surface area contributed by atoms with Crippen molar-refractivity contribution in [2.24, 2.45) is 0 Å². The van der Waals surface area contributed by atoms with Gasteiger partial charge in [-0.15, -0.1) is 0 Å². The predicted molar refractivity (Wildman–Crippen MR) is 68.4 cm³/mol. The number of carbonyl (C=O) groups is 1. The predicted octanol–water partition coefficient (Wildman–Crippen LogP) is 1.59. The van der Waals surface area contributed by atoms with Gasteiger partial charge in [0, 0.05) is 19.5 Å². The molecule has 0 spiro atoms. The lowest BCUT2D eigenvalue weighted by molar-refractivity contribution is -0.121. The summed E-state index contributed by atoms with van der Waals surface area (Å²) in [5, 5.41) is 2.95. The summed E-state index contributed by atoms with van der Waals surface area (Å²) >= 11 is 1.79. The summed E-state index contributed by atoms with van der Waals surface area (Å²) in [4.78, 5) is 13.6. The van der Waals surface area contributed by atoms with Gasteiger partial charge < -0.3 is 10.2 Å². The summed E-state index contributed by atoms with van der Waals surface area (Å²) in [5.74, 6) is 1.26. The first-order valence-corrected chi connectivity index (χ1v) is 7.11. The van der Waals surface area contributed by atoms with E-state index in [1.165, 1.54) is 0 Å². The van der Waals surface area contributed by atoms with E-state index in [0.29, 0.717) is 6.42 Å². The quantitative estimate of drug-likeness (QED) is 0.613. The monoisotopic (exact) mass is 232 g/mol. The Bertz CT molecular complexity index is 161. The highest BCUT2D eigenvalue weighted by Gasteiger charge is 2.02. The number of rotatable bonds is 9. The molecule has 0 saturated carbocycles. The molecule has 0 heterocycles. The Morgan fingerprint density at radius 1 is 1.33 bits per heavy atom. The van der Waals surface area contributed by atoms with Gasteiger partial charge in [-0.2, -0.15) is 11.8 Å². The number of nitrogens with zero attached hydrogens (tertiary/aromatic N) is 1. The maximum Gasteiger partial charge on any atom is 0.220 e. The number of amides is 1. The third kappa shape index (κ3) is 8.75. The van der Waals surface area contributed by atoms with Gasteiger partial charge >= 0.3 is 0 Å². The zero-order valence-corrected chi connectivity index (χ0v) is 11.0. The minimum absolute atomic E-state index is 0.191. The van der Waals surface area contributed by atoms with Gasteiger partial charge in [-0.3, -0.25) is 4.79 Å². The molecule has 0 aromatic heterocycles. The fraction of sp³-hybridized carbons (Fsp3) is 0.909. The van der Waals surface area contributed by atoms with Crippen LogP contribution in [0.15, 0.2) is 0 Å². The number of carbonyl (C=O) groups excluding carboxylic acids is 1. The van der Waals surface area contributed by atoms with E-state index in [1.807, 2.05) is 0 Å². The average molecular weight is 232 g/mol. The van der Waals surface area contributed by atoms with Crippen LogP contribution >= 0.6 is 11.8 Å². The smallest absolute Gasteiger partial charge is 0.220 e.